The van der Waals surface area contributed by atoms with Crippen molar-refractivity contribution in [3.63, 3.8) is 0 Å². The van der Waals surface area contributed by atoms with Gasteiger partial charge in [-0.2, -0.15) is 0 Å². The number of rotatable bonds is 2. The Morgan fingerprint density at radius 1 is 1.05 bits per heavy atom. The van der Waals surface area contributed by atoms with Crippen LogP contribution in [0.25, 0.3) is 0 Å². The average Bonchev–Trinajstić information content (AvgIpc) is 2.93. The summed E-state index contributed by atoms with van der Waals surface area (Å²) in [5, 5.41) is 11.5. The first-order valence-corrected chi connectivity index (χ1v) is 9.29. The number of halogens is 1. The molecule has 0 saturated heterocycles. The van der Waals surface area contributed by atoms with Gasteiger partial charge in [0.2, 0.25) is 0 Å². The van der Waals surface area contributed by atoms with Gasteiger partial charge in [0.05, 0.1) is 9.39 Å². The predicted molar refractivity (Wildman–Crippen MR) is 90.7 cm³/mol. The van der Waals surface area contributed by atoms with Gasteiger partial charge in [0.25, 0.3) is 0 Å². The Hall–Kier alpha value is -0.640. The molecule has 1 nitrogen and oxygen atoms in total. The summed E-state index contributed by atoms with van der Waals surface area (Å²) in [4.78, 5) is 1.30. The van der Waals surface area contributed by atoms with Gasteiger partial charge in [0.1, 0.15) is 0 Å². The summed E-state index contributed by atoms with van der Waals surface area (Å²) in [6, 6.07) is 13.0. The molecule has 1 fully saturated rings. The Labute approximate surface area is 138 Å². The van der Waals surface area contributed by atoms with Gasteiger partial charge in [-0.1, -0.05) is 24.3 Å². The number of thiophene rings is 1. The van der Waals surface area contributed by atoms with E-state index in [9.17, 15) is 5.11 Å². The number of hydrogen-bond acceptors (Lipinski definition) is 2. The molecular formula is C18H19BrOS. The number of fused-ring (bicyclic) bond motifs is 3. The second-order valence-electron chi connectivity index (χ2n) is 6.52. The Bertz CT molecular complexity index is 630. The van der Waals surface area contributed by atoms with E-state index >= 15 is 0 Å². The third kappa shape index (κ3) is 2.39. The van der Waals surface area contributed by atoms with E-state index in [-0.39, 0.29) is 0 Å². The predicted octanol–water partition coefficient (Wildman–Crippen LogP) is 4.61. The standard InChI is InChI=1S/C18H19BrOS/c19-17-8-7-16(21-17)11-18(20)14-5-6-15(18)10-13-4-2-1-3-12(13)9-14/h1-4,7-8,14-15,20H,5-6,9-11H2. The van der Waals surface area contributed by atoms with Crippen molar-refractivity contribution in [1.29, 1.82) is 0 Å². The van der Waals surface area contributed by atoms with E-state index in [0.717, 1.165) is 23.0 Å². The fraction of sp³-hybridized carbons (Fsp3) is 0.444. The quantitative estimate of drug-likeness (QED) is 0.826. The molecule has 0 radical (unpaired) electrons. The van der Waals surface area contributed by atoms with Crippen LogP contribution in [0, 0.1) is 11.8 Å². The van der Waals surface area contributed by atoms with Crippen molar-refractivity contribution < 1.29 is 5.11 Å². The van der Waals surface area contributed by atoms with Gasteiger partial charge in [-0.25, -0.2) is 0 Å². The van der Waals surface area contributed by atoms with Crippen molar-refractivity contribution in [1.82, 2.24) is 0 Å². The fourth-order valence-electron chi connectivity index (χ4n) is 4.29. The van der Waals surface area contributed by atoms with Gasteiger partial charge in [-0.3, -0.25) is 0 Å². The lowest BCUT2D eigenvalue weighted by molar-refractivity contribution is -0.0323. The molecule has 1 aromatic heterocycles. The van der Waals surface area contributed by atoms with Gasteiger partial charge in [0, 0.05) is 11.3 Å². The van der Waals surface area contributed by atoms with E-state index < -0.39 is 5.60 Å². The summed E-state index contributed by atoms with van der Waals surface area (Å²) in [5.41, 5.74) is 2.38. The van der Waals surface area contributed by atoms with Gasteiger partial charge in [-0.05, 0) is 76.7 Å². The number of aliphatic hydroxyl groups is 1. The maximum Gasteiger partial charge on any atom is 0.0758 e. The van der Waals surface area contributed by atoms with Crippen molar-refractivity contribution in [2.75, 3.05) is 0 Å². The highest BCUT2D eigenvalue weighted by Gasteiger charge is 2.50. The fourth-order valence-corrected chi connectivity index (χ4v) is 5.88. The molecule has 3 heteroatoms. The Morgan fingerprint density at radius 3 is 2.19 bits per heavy atom. The van der Waals surface area contributed by atoms with Crippen LogP contribution in [0.15, 0.2) is 40.2 Å². The van der Waals surface area contributed by atoms with Crippen LogP contribution >= 0.6 is 27.3 Å². The number of benzene rings is 1. The van der Waals surface area contributed by atoms with Crippen LogP contribution in [-0.2, 0) is 19.3 Å². The highest BCUT2D eigenvalue weighted by Crippen LogP contribution is 2.49. The SMILES string of the molecule is OC1(Cc2ccc(Br)s2)C2CCC1Cc1ccccc1C2. The van der Waals surface area contributed by atoms with Crippen molar-refractivity contribution in [2.45, 2.75) is 37.7 Å². The van der Waals surface area contributed by atoms with E-state index in [1.54, 1.807) is 11.3 Å². The van der Waals surface area contributed by atoms with Gasteiger partial charge >= 0.3 is 0 Å². The third-order valence-electron chi connectivity index (χ3n) is 5.41. The lowest BCUT2D eigenvalue weighted by Gasteiger charge is -2.33. The zero-order chi connectivity index (χ0) is 14.4. The van der Waals surface area contributed by atoms with Crippen molar-refractivity contribution >= 4 is 27.3 Å². The first-order valence-electron chi connectivity index (χ1n) is 7.68. The average molecular weight is 363 g/mol. The molecule has 1 aromatic carbocycles. The molecule has 21 heavy (non-hydrogen) atoms. The molecule has 2 unspecified atom stereocenters. The molecule has 1 heterocycles. The molecule has 0 aliphatic heterocycles. The second-order valence-corrected chi connectivity index (χ2v) is 9.07. The lowest BCUT2D eigenvalue weighted by atomic mass is 9.79. The van der Waals surface area contributed by atoms with Crippen LogP contribution in [0.4, 0.5) is 0 Å². The molecule has 2 bridgehead atoms. The van der Waals surface area contributed by atoms with Gasteiger partial charge in [-0.15, -0.1) is 11.3 Å². The van der Waals surface area contributed by atoms with Crippen LogP contribution < -0.4 is 0 Å². The minimum Gasteiger partial charge on any atom is -0.389 e. The summed E-state index contributed by atoms with van der Waals surface area (Å²) >= 11 is 5.30. The first-order chi connectivity index (χ1) is 10.1. The van der Waals surface area contributed by atoms with E-state index in [4.69, 9.17) is 0 Å². The largest absolute Gasteiger partial charge is 0.389 e. The van der Waals surface area contributed by atoms with E-state index in [1.807, 2.05) is 0 Å². The Kier molecular flexibility index (Phi) is 3.48. The highest BCUT2D eigenvalue weighted by molar-refractivity contribution is 9.11. The molecule has 2 atom stereocenters. The van der Waals surface area contributed by atoms with Crippen LogP contribution in [0.1, 0.15) is 28.8 Å². The second kappa shape index (κ2) is 5.22. The zero-order valence-electron chi connectivity index (χ0n) is 11.9. The van der Waals surface area contributed by atoms with E-state index in [2.05, 4.69) is 52.3 Å². The zero-order valence-corrected chi connectivity index (χ0v) is 14.3. The molecule has 1 N–H and O–H groups in total. The topological polar surface area (TPSA) is 20.2 Å². The Balaban J connectivity index is 1.68. The lowest BCUT2D eigenvalue weighted by Crippen LogP contribution is -2.42. The van der Waals surface area contributed by atoms with E-state index in [0.29, 0.717) is 11.8 Å². The maximum atomic E-state index is 11.5. The molecular weight excluding hydrogens is 344 g/mol. The van der Waals surface area contributed by atoms with Crippen LogP contribution in [-0.4, -0.2) is 10.7 Å². The van der Waals surface area contributed by atoms with Crippen LogP contribution in [0.3, 0.4) is 0 Å². The minimum atomic E-state index is -0.524. The molecule has 110 valence electrons. The number of hydrogen-bond donors (Lipinski definition) is 1. The molecule has 2 aromatic rings. The normalized spacial score (nSPS) is 31.0. The summed E-state index contributed by atoms with van der Waals surface area (Å²) < 4.78 is 1.16. The molecule has 1 saturated carbocycles. The van der Waals surface area contributed by atoms with Crippen LogP contribution in [0.5, 0.6) is 0 Å². The first kappa shape index (κ1) is 14.0. The molecule has 0 spiro atoms. The van der Waals surface area contributed by atoms with E-state index in [1.165, 1.54) is 28.8 Å². The molecule has 2 aliphatic rings. The van der Waals surface area contributed by atoms with Crippen LogP contribution in [0.2, 0.25) is 0 Å². The summed E-state index contributed by atoms with van der Waals surface area (Å²) in [6.07, 6.45) is 5.22. The maximum absolute atomic E-state index is 11.5. The smallest absolute Gasteiger partial charge is 0.0758 e. The minimum absolute atomic E-state index is 0.409. The van der Waals surface area contributed by atoms with Gasteiger partial charge < -0.3 is 5.11 Å². The summed E-state index contributed by atoms with van der Waals surface area (Å²) in [5.74, 6) is 0.819. The van der Waals surface area contributed by atoms with Crippen molar-refractivity contribution in [3.05, 3.63) is 56.2 Å². The summed E-state index contributed by atoms with van der Waals surface area (Å²) in [7, 11) is 0. The summed E-state index contributed by atoms with van der Waals surface area (Å²) in [6.45, 7) is 0. The molecule has 0 amide bonds. The molecule has 2 aliphatic carbocycles. The molecule has 4 rings (SSSR count). The Morgan fingerprint density at radius 2 is 1.67 bits per heavy atom. The highest BCUT2D eigenvalue weighted by atomic mass is 79.9. The van der Waals surface area contributed by atoms with Gasteiger partial charge in [0.15, 0.2) is 0 Å². The monoisotopic (exact) mass is 362 g/mol. The van der Waals surface area contributed by atoms with Crippen molar-refractivity contribution in [3.8, 4) is 0 Å². The third-order valence-corrected chi connectivity index (χ3v) is 7.04. The van der Waals surface area contributed by atoms with Crippen molar-refractivity contribution in [2.24, 2.45) is 11.8 Å².